The highest BCUT2D eigenvalue weighted by molar-refractivity contribution is 6.12. The van der Waals surface area contributed by atoms with Crippen molar-refractivity contribution in [1.82, 2.24) is 15.0 Å². The number of aromatic nitrogens is 3. The average molecular weight is 612 g/mol. The lowest BCUT2D eigenvalue weighted by molar-refractivity contribution is 1.29. The maximum atomic E-state index is 5.13. The summed E-state index contributed by atoms with van der Waals surface area (Å²) in [6.07, 6.45) is 1.87. The summed E-state index contributed by atoms with van der Waals surface area (Å²) in [5.41, 5.74) is 13.7. The molecule has 0 aliphatic carbocycles. The van der Waals surface area contributed by atoms with E-state index in [1.807, 2.05) is 42.6 Å². The molecule has 0 unspecified atom stereocenters. The highest BCUT2D eigenvalue weighted by Crippen LogP contribution is 2.36. The molecule has 0 saturated carbocycles. The molecule has 0 bridgehead atoms. The topological polar surface area (TPSA) is 38.7 Å². The van der Waals surface area contributed by atoms with Gasteiger partial charge in [0.25, 0.3) is 0 Å². The highest BCUT2D eigenvalue weighted by atomic mass is 14.8. The summed E-state index contributed by atoms with van der Waals surface area (Å²) in [6.45, 7) is 0. The Balaban J connectivity index is 1.07. The lowest BCUT2D eigenvalue weighted by Gasteiger charge is -2.13. The van der Waals surface area contributed by atoms with Gasteiger partial charge in [-0.05, 0) is 63.0 Å². The van der Waals surface area contributed by atoms with Crippen molar-refractivity contribution in [3.05, 3.63) is 176 Å². The summed E-state index contributed by atoms with van der Waals surface area (Å²) in [5, 5.41) is 3.53. The molecule has 0 aliphatic heterocycles. The van der Waals surface area contributed by atoms with E-state index in [1.54, 1.807) is 0 Å². The fourth-order valence-corrected chi connectivity index (χ4v) is 6.67. The maximum absolute atomic E-state index is 5.13. The lowest BCUT2D eigenvalue weighted by atomic mass is 9.93. The van der Waals surface area contributed by atoms with E-state index in [-0.39, 0.29) is 0 Å². The van der Waals surface area contributed by atoms with Crippen LogP contribution in [0.5, 0.6) is 0 Å². The number of pyridine rings is 1. The summed E-state index contributed by atoms with van der Waals surface area (Å²) in [7, 11) is 0. The van der Waals surface area contributed by atoms with Gasteiger partial charge >= 0.3 is 0 Å². The molecule has 0 aliphatic rings. The van der Waals surface area contributed by atoms with Crippen molar-refractivity contribution < 1.29 is 0 Å². The summed E-state index contributed by atoms with van der Waals surface area (Å²) in [5.74, 6) is 0. The van der Waals surface area contributed by atoms with Crippen LogP contribution in [0.4, 0.5) is 0 Å². The predicted octanol–water partition coefficient (Wildman–Crippen LogP) is 11.7. The van der Waals surface area contributed by atoms with E-state index in [0.29, 0.717) is 0 Å². The van der Waals surface area contributed by atoms with Crippen LogP contribution in [0, 0.1) is 0 Å². The minimum atomic E-state index is 0.876. The lowest BCUT2D eigenvalue weighted by Crippen LogP contribution is -1.95. The van der Waals surface area contributed by atoms with Crippen molar-refractivity contribution in [1.29, 1.82) is 0 Å². The largest absolute Gasteiger partial charge is 0.256 e. The van der Waals surface area contributed by atoms with Crippen LogP contribution in [0.1, 0.15) is 0 Å². The first-order valence-corrected chi connectivity index (χ1v) is 16.2. The second-order valence-corrected chi connectivity index (χ2v) is 12.1. The zero-order valence-electron chi connectivity index (χ0n) is 26.1. The third-order valence-electron chi connectivity index (χ3n) is 9.13. The molecule has 9 rings (SSSR count). The molecule has 0 saturated heterocycles. The van der Waals surface area contributed by atoms with Gasteiger partial charge in [-0.2, -0.15) is 0 Å². The monoisotopic (exact) mass is 611 g/mol. The molecular formula is C45H29N3. The second kappa shape index (κ2) is 11.7. The van der Waals surface area contributed by atoms with Crippen LogP contribution in [0.25, 0.3) is 88.6 Å². The molecule has 0 amide bonds. The summed E-state index contributed by atoms with van der Waals surface area (Å²) in [4.78, 5) is 14.9. The van der Waals surface area contributed by atoms with Crippen LogP contribution in [0.2, 0.25) is 0 Å². The Hall–Kier alpha value is -6.45. The van der Waals surface area contributed by atoms with Crippen molar-refractivity contribution in [3.8, 4) is 55.9 Å². The normalized spacial score (nSPS) is 11.3. The van der Waals surface area contributed by atoms with E-state index in [1.165, 1.54) is 38.6 Å². The average Bonchev–Trinajstić information content (AvgIpc) is 3.18. The molecule has 0 spiro atoms. The first-order chi connectivity index (χ1) is 23.8. The van der Waals surface area contributed by atoms with E-state index in [9.17, 15) is 0 Å². The van der Waals surface area contributed by atoms with Gasteiger partial charge in [0, 0.05) is 28.1 Å². The Morgan fingerprint density at radius 3 is 1.38 bits per heavy atom. The molecule has 0 radical (unpaired) electrons. The van der Waals surface area contributed by atoms with Gasteiger partial charge in [-0.1, -0.05) is 146 Å². The van der Waals surface area contributed by atoms with Gasteiger partial charge < -0.3 is 0 Å². The molecule has 0 fully saturated rings. The van der Waals surface area contributed by atoms with E-state index in [0.717, 1.165) is 50.0 Å². The van der Waals surface area contributed by atoms with Crippen molar-refractivity contribution in [3.63, 3.8) is 0 Å². The number of hydrogen-bond donors (Lipinski definition) is 0. The summed E-state index contributed by atoms with van der Waals surface area (Å²) >= 11 is 0. The Labute approximate surface area is 278 Å². The van der Waals surface area contributed by atoms with Crippen molar-refractivity contribution in [2.45, 2.75) is 0 Å². The SMILES string of the molecule is c1ccc(-c2ccc(-c3nc4ccccc4nc3-c3ccc(-c4ccc(-c5cc6cccnc6c6ccccc56)cc4)cc3)cc2)cc1. The van der Waals surface area contributed by atoms with Gasteiger partial charge in [0.15, 0.2) is 0 Å². The molecule has 224 valence electrons. The van der Waals surface area contributed by atoms with Gasteiger partial charge in [0.05, 0.1) is 27.9 Å². The van der Waals surface area contributed by atoms with Crippen LogP contribution in [0.15, 0.2) is 176 Å². The Morgan fingerprint density at radius 2 is 0.792 bits per heavy atom. The number of nitrogens with zero attached hydrogens (tertiary/aromatic N) is 3. The van der Waals surface area contributed by atoms with Crippen molar-refractivity contribution >= 4 is 32.7 Å². The van der Waals surface area contributed by atoms with E-state index in [2.05, 4.69) is 138 Å². The van der Waals surface area contributed by atoms with Gasteiger partial charge in [-0.15, -0.1) is 0 Å². The minimum Gasteiger partial charge on any atom is -0.256 e. The van der Waals surface area contributed by atoms with Crippen molar-refractivity contribution in [2.24, 2.45) is 0 Å². The first-order valence-electron chi connectivity index (χ1n) is 16.2. The summed E-state index contributed by atoms with van der Waals surface area (Å²) in [6, 6.07) is 59.6. The number of fused-ring (bicyclic) bond motifs is 4. The Bertz CT molecular complexity index is 2570. The maximum Gasteiger partial charge on any atom is 0.0973 e. The van der Waals surface area contributed by atoms with Crippen LogP contribution < -0.4 is 0 Å². The number of rotatable bonds is 5. The fourth-order valence-electron chi connectivity index (χ4n) is 6.67. The quantitative estimate of drug-likeness (QED) is 0.182. The van der Waals surface area contributed by atoms with Crippen LogP contribution in [-0.2, 0) is 0 Å². The minimum absolute atomic E-state index is 0.876. The van der Waals surface area contributed by atoms with Gasteiger partial charge in [0.1, 0.15) is 0 Å². The molecule has 2 heterocycles. The standard InChI is InChI=1S/C45H29N3/c1-2-9-30(10-3-1)31-18-24-35(25-19-31)44-45(48-42-15-7-6-14-41(42)47-44)36-26-20-33(21-27-36)32-16-22-34(23-17-32)40-29-37-11-8-28-46-43(37)39-13-5-4-12-38(39)40/h1-29H. The third-order valence-corrected chi connectivity index (χ3v) is 9.13. The van der Waals surface area contributed by atoms with Crippen LogP contribution >= 0.6 is 0 Å². The van der Waals surface area contributed by atoms with Gasteiger partial charge in [-0.25, -0.2) is 9.97 Å². The predicted molar refractivity (Wildman–Crippen MR) is 200 cm³/mol. The molecular weight excluding hydrogens is 583 g/mol. The van der Waals surface area contributed by atoms with E-state index >= 15 is 0 Å². The Kier molecular flexibility index (Phi) is 6.80. The Morgan fingerprint density at radius 1 is 0.333 bits per heavy atom. The summed E-state index contributed by atoms with van der Waals surface area (Å²) < 4.78 is 0. The molecule has 0 atom stereocenters. The molecule has 3 nitrogen and oxygen atoms in total. The van der Waals surface area contributed by atoms with E-state index in [4.69, 9.17) is 9.97 Å². The zero-order chi connectivity index (χ0) is 31.9. The number of para-hydroxylation sites is 2. The second-order valence-electron chi connectivity index (χ2n) is 12.1. The van der Waals surface area contributed by atoms with Crippen molar-refractivity contribution in [2.75, 3.05) is 0 Å². The number of benzene rings is 7. The van der Waals surface area contributed by atoms with Gasteiger partial charge in [-0.3, -0.25) is 4.98 Å². The molecule has 0 N–H and O–H groups in total. The van der Waals surface area contributed by atoms with Crippen LogP contribution in [-0.4, -0.2) is 15.0 Å². The smallest absolute Gasteiger partial charge is 0.0973 e. The first kappa shape index (κ1) is 27.8. The van der Waals surface area contributed by atoms with Gasteiger partial charge in [0.2, 0.25) is 0 Å². The zero-order valence-corrected chi connectivity index (χ0v) is 26.1. The van der Waals surface area contributed by atoms with E-state index < -0.39 is 0 Å². The fraction of sp³-hybridized carbons (Fsp3) is 0. The third kappa shape index (κ3) is 4.99. The molecule has 7 aromatic carbocycles. The molecule has 2 aromatic heterocycles. The molecule has 3 heteroatoms. The highest BCUT2D eigenvalue weighted by Gasteiger charge is 2.15. The molecule has 9 aromatic rings. The van der Waals surface area contributed by atoms with Crippen LogP contribution in [0.3, 0.4) is 0 Å². The molecule has 48 heavy (non-hydrogen) atoms. The number of hydrogen-bond acceptors (Lipinski definition) is 3.